The van der Waals surface area contributed by atoms with E-state index in [2.05, 4.69) is 24.4 Å². The predicted octanol–water partition coefficient (Wildman–Crippen LogP) is 0.799. The van der Waals surface area contributed by atoms with Crippen LogP contribution in [0.5, 0.6) is 0 Å². The number of carbonyl (C=O) groups excluding carboxylic acids is 1. The summed E-state index contributed by atoms with van der Waals surface area (Å²) in [6, 6.07) is 7.36. The molecule has 0 spiro atoms. The molecule has 0 saturated carbocycles. The first-order valence-corrected chi connectivity index (χ1v) is 9.31. The van der Waals surface area contributed by atoms with E-state index in [0.29, 0.717) is 5.56 Å². The summed E-state index contributed by atoms with van der Waals surface area (Å²) in [6.07, 6.45) is -2.80. The maximum Gasteiger partial charge on any atom is 0.337 e. The van der Waals surface area contributed by atoms with E-state index in [0.717, 1.165) is 0 Å². The van der Waals surface area contributed by atoms with Gasteiger partial charge in [-0.25, -0.2) is 4.79 Å². The SMILES string of the molecule is COC(=O)C(O)C(O)c1ccc([Si](C)(C)C)cc1. The fraction of sp³-hybridized carbons (Fsp3) is 0.462. The van der Waals surface area contributed by atoms with Crippen molar-refractivity contribution >= 4 is 19.2 Å². The van der Waals surface area contributed by atoms with E-state index in [4.69, 9.17) is 0 Å². The first kappa shape index (κ1) is 14.9. The van der Waals surface area contributed by atoms with Crippen LogP contribution in [0.2, 0.25) is 19.6 Å². The van der Waals surface area contributed by atoms with Crippen LogP contribution in [-0.2, 0) is 9.53 Å². The molecule has 0 aliphatic heterocycles. The van der Waals surface area contributed by atoms with E-state index in [1.807, 2.05) is 12.1 Å². The van der Waals surface area contributed by atoms with Crippen molar-refractivity contribution in [1.82, 2.24) is 0 Å². The Morgan fingerprint density at radius 2 is 1.67 bits per heavy atom. The molecule has 2 unspecified atom stereocenters. The summed E-state index contributed by atoms with van der Waals surface area (Å²) in [6.45, 7) is 6.67. The van der Waals surface area contributed by atoms with Crippen LogP contribution in [0.25, 0.3) is 0 Å². The number of aliphatic hydroxyl groups excluding tert-OH is 2. The van der Waals surface area contributed by atoms with Crippen LogP contribution in [0, 0.1) is 0 Å². The molecule has 0 heterocycles. The van der Waals surface area contributed by atoms with Gasteiger partial charge < -0.3 is 14.9 Å². The van der Waals surface area contributed by atoms with Crippen molar-refractivity contribution in [2.24, 2.45) is 0 Å². The van der Waals surface area contributed by atoms with Gasteiger partial charge in [0, 0.05) is 0 Å². The van der Waals surface area contributed by atoms with E-state index in [1.54, 1.807) is 12.1 Å². The number of hydrogen-bond acceptors (Lipinski definition) is 4. The third-order valence-electron chi connectivity index (χ3n) is 2.86. The van der Waals surface area contributed by atoms with Gasteiger partial charge in [0.15, 0.2) is 6.10 Å². The third-order valence-corrected chi connectivity index (χ3v) is 4.93. The number of hydrogen-bond donors (Lipinski definition) is 2. The molecule has 100 valence electrons. The van der Waals surface area contributed by atoms with Gasteiger partial charge in [0.2, 0.25) is 0 Å². The van der Waals surface area contributed by atoms with Crippen LogP contribution >= 0.6 is 0 Å². The number of rotatable bonds is 4. The zero-order chi connectivity index (χ0) is 13.9. The molecular weight excluding hydrogens is 248 g/mol. The van der Waals surface area contributed by atoms with Crippen LogP contribution in [0.1, 0.15) is 11.7 Å². The highest BCUT2D eigenvalue weighted by Gasteiger charge is 2.26. The Labute approximate surface area is 108 Å². The van der Waals surface area contributed by atoms with Crippen molar-refractivity contribution in [2.75, 3.05) is 7.11 Å². The van der Waals surface area contributed by atoms with Gasteiger partial charge >= 0.3 is 5.97 Å². The third kappa shape index (κ3) is 3.41. The molecule has 0 aromatic heterocycles. The number of carbonyl (C=O) groups is 1. The molecule has 18 heavy (non-hydrogen) atoms. The second-order valence-corrected chi connectivity index (χ2v) is 10.4. The molecular formula is C13H20O4Si. The summed E-state index contributed by atoms with van der Waals surface area (Å²) in [7, 11) is -0.209. The van der Waals surface area contributed by atoms with Gasteiger partial charge in [-0.15, -0.1) is 0 Å². The smallest absolute Gasteiger partial charge is 0.337 e. The second kappa shape index (κ2) is 5.64. The number of methoxy groups -OCH3 is 1. The molecule has 1 aromatic rings. The topological polar surface area (TPSA) is 66.8 Å². The molecule has 0 aliphatic rings. The van der Waals surface area contributed by atoms with Gasteiger partial charge in [-0.05, 0) is 5.56 Å². The lowest BCUT2D eigenvalue weighted by atomic mass is 10.0. The van der Waals surface area contributed by atoms with Gasteiger partial charge in [0.05, 0.1) is 15.2 Å². The molecule has 0 aliphatic carbocycles. The minimum Gasteiger partial charge on any atom is -0.467 e. The Morgan fingerprint density at radius 1 is 1.17 bits per heavy atom. The Kier molecular flexibility index (Phi) is 4.67. The van der Waals surface area contributed by atoms with Crippen LogP contribution in [0.3, 0.4) is 0 Å². The summed E-state index contributed by atoms with van der Waals surface area (Å²) in [5.74, 6) is -0.836. The molecule has 5 heteroatoms. The maximum atomic E-state index is 11.1. The number of esters is 1. The van der Waals surface area contributed by atoms with Gasteiger partial charge in [0.25, 0.3) is 0 Å². The lowest BCUT2D eigenvalue weighted by molar-refractivity contribution is -0.156. The molecule has 1 rings (SSSR count). The zero-order valence-electron chi connectivity index (χ0n) is 11.2. The molecule has 1 aromatic carbocycles. The molecule has 4 nitrogen and oxygen atoms in total. The van der Waals surface area contributed by atoms with Crippen molar-refractivity contribution < 1.29 is 19.7 Å². The zero-order valence-corrected chi connectivity index (χ0v) is 12.2. The van der Waals surface area contributed by atoms with E-state index >= 15 is 0 Å². The van der Waals surface area contributed by atoms with Crippen LogP contribution in [-0.4, -0.2) is 37.5 Å². The average Bonchev–Trinajstić information content (AvgIpc) is 2.35. The normalized spacial score (nSPS) is 15.0. The Morgan fingerprint density at radius 3 is 2.06 bits per heavy atom. The van der Waals surface area contributed by atoms with Gasteiger partial charge in [-0.1, -0.05) is 49.1 Å². The quantitative estimate of drug-likeness (QED) is 0.626. The van der Waals surface area contributed by atoms with Crippen molar-refractivity contribution in [3.05, 3.63) is 29.8 Å². The molecule has 0 amide bonds. The van der Waals surface area contributed by atoms with E-state index in [-0.39, 0.29) is 0 Å². The van der Waals surface area contributed by atoms with Gasteiger partial charge in [-0.2, -0.15) is 0 Å². The lowest BCUT2D eigenvalue weighted by Gasteiger charge is -2.19. The number of aliphatic hydroxyl groups is 2. The fourth-order valence-electron chi connectivity index (χ4n) is 1.61. The minimum atomic E-state index is -1.55. The fourth-order valence-corrected chi connectivity index (χ4v) is 2.78. The first-order chi connectivity index (χ1) is 8.27. The van der Waals surface area contributed by atoms with Crippen molar-refractivity contribution in [3.63, 3.8) is 0 Å². The summed E-state index contributed by atoms with van der Waals surface area (Å²) in [5, 5.41) is 20.7. The summed E-state index contributed by atoms with van der Waals surface area (Å²) in [5.41, 5.74) is 0.509. The monoisotopic (exact) mass is 268 g/mol. The Bertz CT molecular complexity index is 408. The van der Waals surface area contributed by atoms with E-state index < -0.39 is 26.3 Å². The van der Waals surface area contributed by atoms with Crippen LogP contribution in [0.4, 0.5) is 0 Å². The van der Waals surface area contributed by atoms with Crippen molar-refractivity contribution in [1.29, 1.82) is 0 Å². The highest BCUT2D eigenvalue weighted by Crippen LogP contribution is 2.17. The maximum absolute atomic E-state index is 11.1. The second-order valence-electron chi connectivity index (χ2n) is 5.28. The highest BCUT2D eigenvalue weighted by molar-refractivity contribution is 6.88. The molecule has 0 fully saturated rings. The standard InChI is InChI=1S/C13H20O4Si/c1-17-13(16)12(15)11(14)9-5-7-10(8-6-9)18(2,3)4/h5-8,11-12,14-15H,1-4H3. The van der Waals surface area contributed by atoms with Gasteiger partial charge in [-0.3, -0.25) is 0 Å². The lowest BCUT2D eigenvalue weighted by Crippen LogP contribution is -2.37. The van der Waals surface area contributed by atoms with E-state index in [9.17, 15) is 15.0 Å². The molecule has 2 N–H and O–H groups in total. The highest BCUT2D eigenvalue weighted by atomic mass is 28.3. The summed E-state index contributed by atoms with van der Waals surface area (Å²) < 4.78 is 4.39. The van der Waals surface area contributed by atoms with Crippen LogP contribution in [0.15, 0.2) is 24.3 Å². The molecule has 0 radical (unpaired) electrons. The predicted molar refractivity (Wildman–Crippen MR) is 72.4 cm³/mol. The average molecular weight is 268 g/mol. The van der Waals surface area contributed by atoms with E-state index in [1.165, 1.54) is 12.3 Å². The molecule has 2 atom stereocenters. The Balaban J connectivity index is 2.89. The summed E-state index contributed by atoms with van der Waals surface area (Å²) in [4.78, 5) is 11.1. The number of benzene rings is 1. The largest absolute Gasteiger partial charge is 0.467 e. The minimum absolute atomic E-state index is 0.509. The molecule has 0 bridgehead atoms. The van der Waals surface area contributed by atoms with Crippen molar-refractivity contribution in [2.45, 2.75) is 31.8 Å². The summed E-state index contributed by atoms with van der Waals surface area (Å²) >= 11 is 0. The molecule has 0 saturated heterocycles. The van der Waals surface area contributed by atoms with Crippen LogP contribution < -0.4 is 5.19 Å². The van der Waals surface area contributed by atoms with Gasteiger partial charge in [0.1, 0.15) is 6.10 Å². The first-order valence-electron chi connectivity index (χ1n) is 5.81. The van der Waals surface area contributed by atoms with Crippen molar-refractivity contribution in [3.8, 4) is 0 Å². The number of ether oxygens (including phenoxy) is 1. The Hall–Kier alpha value is -1.17.